The summed E-state index contributed by atoms with van der Waals surface area (Å²) in [6.45, 7) is 7.19. The van der Waals surface area contributed by atoms with Gasteiger partial charge in [0.15, 0.2) is 0 Å². The van der Waals surface area contributed by atoms with Gasteiger partial charge >= 0.3 is 0 Å². The number of rotatable bonds is 5. The minimum Gasteiger partial charge on any atom is -0.356 e. The lowest BCUT2D eigenvalue weighted by molar-refractivity contribution is 0.376. The predicted octanol–water partition coefficient (Wildman–Crippen LogP) is 1.72. The molecule has 0 aliphatic carbocycles. The van der Waals surface area contributed by atoms with Gasteiger partial charge < -0.3 is 15.2 Å². The molecule has 0 radical (unpaired) electrons. The lowest BCUT2D eigenvalue weighted by Gasteiger charge is -2.33. The fourth-order valence-corrected chi connectivity index (χ4v) is 2.70. The van der Waals surface area contributed by atoms with E-state index in [0.717, 1.165) is 37.2 Å². The summed E-state index contributed by atoms with van der Waals surface area (Å²) in [5, 5.41) is 3.21. The van der Waals surface area contributed by atoms with Crippen LogP contribution in [0.1, 0.15) is 44.9 Å². The van der Waals surface area contributed by atoms with E-state index in [0.29, 0.717) is 0 Å². The number of anilines is 1. The minimum absolute atomic E-state index is 0.0454. The van der Waals surface area contributed by atoms with Gasteiger partial charge in [-0.2, -0.15) is 0 Å². The standard InChI is InChI=1S/C15H26N4O/c1-11(2)15-17-13(10-14(20)18-15)19-8-5-12(6-9-19)4-7-16-3/h10-12,16H,4-9H2,1-3H3,(H,17,18,20). The monoisotopic (exact) mass is 278 g/mol. The second-order valence-electron chi connectivity index (χ2n) is 5.97. The first-order valence-corrected chi connectivity index (χ1v) is 7.61. The number of H-pyrrole nitrogens is 1. The zero-order valence-corrected chi connectivity index (χ0v) is 12.8. The molecular formula is C15H26N4O. The average molecular weight is 278 g/mol. The molecule has 2 N–H and O–H groups in total. The predicted molar refractivity (Wildman–Crippen MR) is 82.4 cm³/mol. The van der Waals surface area contributed by atoms with Crippen molar-refractivity contribution in [2.24, 2.45) is 5.92 Å². The summed E-state index contributed by atoms with van der Waals surface area (Å²) < 4.78 is 0. The molecule has 0 atom stereocenters. The highest BCUT2D eigenvalue weighted by molar-refractivity contribution is 5.38. The lowest BCUT2D eigenvalue weighted by Crippen LogP contribution is -2.36. The zero-order valence-electron chi connectivity index (χ0n) is 12.8. The highest BCUT2D eigenvalue weighted by Crippen LogP contribution is 2.23. The van der Waals surface area contributed by atoms with Crippen LogP contribution in [0.15, 0.2) is 10.9 Å². The minimum atomic E-state index is -0.0454. The van der Waals surface area contributed by atoms with Gasteiger partial charge in [0.05, 0.1) is 0 Å². The second-order valence-corrected chi connectivity index (χ2v) is 5.97. The summed E-state index contributed by atoms with van der Waals surface area (Å²) in [5.41, 5.74) is -0.0454. The van der Waals surface area contributed by atoms with E-state index in [1.807, 2.05) is 20.9 Å². The Labute approximate surface area is 120 Å². The van der Waals surface area contributed by atoms with Crippen molar-refractivity contribution in [1.29, 1.82) is 0 Å². The molecule has 1 aliphatic heterocycles. The van der Waals surface area contributed by atoms with E-state index in [9.17, 15) is 4.79 Å². The third-order valence-corrected chi connectivity index (χ3v) is 4.03. The number of nitrogens with zero attached hydrogens (tertiary/aromatic N) is 2. The van der Waals surface area contributed by atoms with Crippen LogP contribution in [0.4, 0.5) is 5.82 Å². The van der Waals surface area contributed by atoms with Crippen molar-refractivity contribution in [2.75, 3.05) is 31.6 Å². The highest BCUT2D eigenvalue weighted by Gasteiger charge is 2.20. The van der Waals surface area contributed by atoms with Crippen LogP contribution in [0.2, 0.25) is 0 Å². The Hall–Kier alpha value is -1.36. The maximum atomic E-state index is 11.7. The largest absolute Gasteiger partial charge is 0.356 e. The first-order chi connectivity index (χ1) is 9.60. The van der Waals surface area contributed by atoms with Crippen LogP contribution in [-0.4, -0.2) is 36.6 Å². The van der Waals surface area contributed by atoms with Gasteiger partial charge in [-0.3, -0.25) is 4.79 Å². The summed E-state index contributed by atoms with van der Waals surface area (Å²) in [7, 11) is 2.00. The molecule has 1 saturated heterocycles. The van der Waals surface area contributed by atoms with Gasteiger partial charge in [0.25, 0.3) is 5.56 Å². The fraction of sp³-hybridized carbons (Fsp3) is 0.733. The number of hydrogen-bond donors (Lipinski definition) is 2. The van der Waals surface area contributed by atoms with Crippen molar-refractivity contribution >= 4 is 5.82 Å². The topological polar surface area (TPSA) is 61.0 Å². The molecular weight excluding hydrogens is 252 g/mol. The Morgan fingerprint density at radius 2 is 2.15 bits per heavy atom. The lowest BCUT2D eigenvalue weighted by atomic mass is 9.93. The molecule has 20 heavy (non-hydrogen) atoms. The van der Waals surface area contributed by atoms with E-state index >= 15 is 0 Å². The van der Waals surface area contributed by atoms with Crippen LogP contribution >= 0.6 is 0 Å². The summed E-state index contributed by atoms with van der Waals surface area (Å²) in [6.07, 6.45) is 3.62. The molecule has 1 aromatic rings. The van der Waals surface area contributed by atoms with E-state index in [2.05, 4.69) is 20.2 Å². The van der Waals surface area contributed by atoms with E-state index in [1.165, 1.54) is 19.3 Å². The normalized spacial score (nSPS) is 16.9. The van der Waals surface area contributed by atoms with Crippen molar-refractivity contribution in [3.05, 3.63) is 22.2 Å². The molecule has 1 fully saturated rings. The molecule has 1 aliphatic rings. The van der Waals surface area contributed by atoms with Crippen LogP contribution in [0, 0.1) is 5.92 Å². The van der Waals surface area contributed by atoms with Crippen LogP contribution < -0.4 is 15.8 Å². The van der Waals surface area contributed by atoms with Gasteiger partial charge in [-0.25, -0.2) is 4.98 Å². The average Bonchev–Trinajstić information content (AvgIpc) is 2.45. The van der Waals surface area contributed by atoms with Gasteiger partial charge in [0, 0.05) is 25.1 Å². The number of hydrogen-bond acceptors (Lipinski definition) is 4. The maximum Gasteiger partial charge on any atom is 0.252 e. The van der Waals surface area contributed by atoms with Crippen molar-refractivity contribution in [3.63, 3.8) is 0 Å². The Balaban J connectivity index is 2.01. The second kappa shape index (κ2) is 6.88. The molecule has 5 nitrogen and oxygen atoms in total. The number of aromatic amines is 1. The Bertz CT molecular complexity index is 475. The first kappa shape index (κ1) is 15.0. The van der Waals surface area contributed by atoms with E-state index in [1.54, 1.807) is 6.07 Å². The van der Waals surface area contributed by atoms with E-state index < -0.39 is 0 Å². The molecule has 0 aromatic carbocycles. The van der Waals surface area contributed by atoms with Crippen LogP contribution in [-0.2, 0) is 0 Å². The van der Waals surface area contributed by atoms with Gasteiger partial charge in [-0.05, 0) is 38.8 Å². The van der Waals surface area contributed by atoms with Gasteiger partial charge in [-0.1, -0.05) is 13.8 Å². The quantitative estimate of drug-likeness (QED) is 0.861. The van der Waals surface area contributed by atoms with E-state index in [4.69, 9.17) is 0 Å². The molecule has 2 rings (SSSR count). The highest BCUT2D eigenvalue weighted by atomic mass is 16.1. The van der Waals surface area contributed by atoms with Crippen molar-refractivity contribution in [3.8, 4) is 0 Å². The van der Waals surface area contributed by atoms with Gasteiger partial charge in [0.1, 0.15) is 11.6 Å². The SMILES string of the molecule is CNCCC1CCN(c2cc(=O)[nH]c(C(C)C)n2)CC1. The van der Waals surface area contributed by atoms with Crippen molar-refractivity contribution < 1.29 is 0 Å². The Morgan fingerprint density at radius 1 is 1.45 bits per heavy atom. The summed E-state index contributed by atoms with van der Waals surface area (Å²) in [4.78, 5) is 21.4. The van der Waals surface area contributed by atoms with Gasteiger partial charge in [-0.15, -0.1) is 0 Å². The van der Waals surface area contributed by atoms with Crippen LogP contribution in [0.3, 0.4) is 0 Å². The molecule has 5 heteroatoms. The molecule has 0 bridgehead atoms. The fourth-order valence-electron chi connectivity index (χ4n) is 2.70. The van der Waals surface area contributed by atoms with Crippen molar-refractivity contribution in [2.45, 2.75) is 39.0 Å². The molecule has 1 aromatic heterocycles. The Morgan fingerprint density at radius 3 is 2.75 bits per heavy atom. The molecule has 0 saturated carbocycles. The van der Waals surface area contributed by atoms with E-state index in [-0.39, 0.29) is 11.5 Å². The number of aromatic nitrogens is 2. The Kier molecular flexibility index (Phi) is 5.17. The number of nitrogens with one attached hydrogen (secondary N) is 2. The van der Waals surface area contributed by atoms with Crippen molar-refractivity contribution in [1.82, 2.24) is 15.3 Å². The molecule has 0 unspecified atom stereocenters. The molecule has 2 heterocycles. The molecule has 0 amide bonds. The maximum absolute atomic E-state index is 11.7. The summed E-state index contributed by atoms with van der Waals surface area (Å²) >= 11 is 0. The third-order valence-electron chi connectivity index (χ3n) is 4.03. The van der Waals surface area contributed by atoms with Crippen LogP contribution in [0.5, 0.6) is 0 Å². The van der Waals surface area contributed by atoms with Gasteiger partial charge in [0.2, 0.25) is 0 Å². The smallest absolute Gasteiger partial charge is 0.252 e. The zero-order chi connectivity index (χ0) is 14.5. The summed E-state index contributed by atoms with van der Waals surface area (Å²) in [5.74, 6) is 2.66. The molecule has 112 valence electrons. The van der Waals surface area contributed by atoms with Crippen LogP contribution in [0.25, 0.3) is 0 Å². The first-order valence-electron chi connectivity index (χ1n) is 7.61. The third kappa shape index (κ3) is 3.82. The number of piperidine rings is 1. The molecule has 0 spiro atoms. The summed E-state index contributed by atoms with van der Waals surface area (Å²) in [6, 6.07) is 1.62.